The number of aliphatic carboxylic acids is 1. The zero-order valence-corrected chi connectivity index (χ0v) is 50.1. The van der Waals surface area contributed by atoms with Gasteiger partial charge in [0.15, 0.2) is 37.4 Å². The van der Waals surface area contributed by atoms with Gasteiger partial charge in [-0.2, -0.15) is 0 Å². The molecule has 4 saturated carbocycles. The number of carboxylic acids is 1. The first kappa shape index (κ1) is 67.3. The Bertz CT molecular complexity index is 2490. The standard InChI is InChI=1S/C59H92O28/c1-21-33(64)37(68)41(72)51(79-21)85-46-39(70)34(65)22(2)80-53(46)87-49(77)24-16-55(3,4)15-23-25-9-10-30-56(5)13-12-31(57(6,20-61)29(56)11-14-58(30,7)59(25,8)17-26(62)32(23)24)82-54-47(86-52-42(73)38(69)36(67)28(18-60)81-52)44(43(74)45(84-54)48(75)76)83-50-40(71)35(66)27(63)19-78-50/h9-10,20-47,50-54,60,62-74H,11-19H2,1-8H3,(H,75,76)/t21?,22?,23-,24+,25?,26+,27?,28?,29+,30+,31-,32?,33?,34?,35?,36?,37?,38?,39?,40?,41?,42?,43?,44?,45?,46?,47?,50?,51?,52?,53?,54?,56-,57-,58+,59+/m0/s1. The van der Waals surface area contributed by atoms with Crippen molar-refractivity contribution in [2.24, 2.45) is 62.6 Å². The summed E-state index contributed by atoms with van der Waals surface area (Å²) in [5, 5.41) is 163. The molecule has 0 aromatic heterocycles. The van der Waals surface area contributed by atoms with Crippen LogP contribution in [0.5, 0.6) is 0 Å². The number of carboxylic acid groups (broad SMARTS) is 1. The van der Waals surface area contributed by atoms with Crippen molar-refractivity contribution in [3.8, 4) is 0 Å². The number of esters is 1. The van der Waals surface area contributed by atoms with Crippen molar-refractivity contribution in [3.63, 3.8) is 0 Å². The van der Waals surface area contributed by atoms with E-state index in [4.69, 9.17) is 47.4 Å². The topological polar surface area (TPSA) is 447 Å². The number of hydrogen-bond acceptors (Lipinski definition) is 27. The molecule has 36 atom stereocenters. The molecular weight excluding hydrogens is 1160 g/mol. The fourth-order valence-electron chi connectivity index (χ4n) is 17.8. The minimum absolute atomic E-state index is 0.144. The summed E-state index contributed by atoms with van der Waals surface area (Å²) in [5.41, 5.74) is -3.66. The van der Waals surface area contributed by atoms with Gasteiger partial charge in [0, 0.05) is 5.92 Å². The first-order valence-electron chi connectivity index (χ1n) is 30.6. The van der Waals surface area contributed by atoms with E-state index in [1.54, 1.807) is 6.92 Å². The minimum Gasteiger partial charge on any atom is -0.479 e. The molecule has 28 heteroatoms. The molecule has 0 aromatic carbocycles. The van der Waals surface area contributed by atoms with Gasteiger partial charge in [-0.1, -0.05) is 53.7 Å². The van der Waals surface area contributed by atoms with Crippen molar-refractivity contribution in [1.29, 1.82) is 0 Å². The Balaban J connectivity index is 0.916. The Hall–Kier alpha value is -2.57. The van der Waals surface area contributed by atoms with Crippen LogP contribution in [0.15, 0.2) is 12.2 Å². The highest BCUT2D eigenvalue weighted by Crippen LogP contribution is 2.74. The molecule has 0 aromatic rings. The van der Waals surface area contributed by atoms with E-state index in [1.807, 2.05) is 13.8 Å². The van der Waals surface area contributed by atoms with E-state index < -0.39 is 230 Å². The molecular formula is C59H92O28. The van der Waals surface area contributed by atoms with E-state index in [1.165, 1.54) is 13.8 Å². The van der Waals surface area contributed by atoms with Gasteiger partial charge in [0.2, 0.25) is 6.29 Å². The predicted octanol–water partition coefficient (Wildman–Crippen LogP) is -3.56. The highest BCUT2D eigenvalue weighted by molar-refractivity contribution is 5.74. The summed E-state index contributed by atoms with van der Waals surface area (Å²) in [6.45, 7) is 13.8. The number of fused-ring (bicyclic) bond motifs is 7. The van der Waals surface area contributed by atoms with Crippen molar-refractivity contribution in [1.82, 2.24) is 0 Å². The molecule has 5 heterocycles. The first-order valence-corrected chi connectivity index (χ1v) is 30.6. The van der Waals surface area contributed by atoms with Crippen LogP contribution in [0, 0.1) is 62.6 Å². The van der Waals surface area contributed by atoms with Gasteiger partial charge in [0.1, 0.15) is 97.8 Å². The van der Waals surface area contributed by atoms with E-state index in [2.05, 4.69) is 32.9 Å². The normalized spacial score (nSPS) is 55.7. The van der Waals surface area contributed by atoms with Crippen molar-refractivity contribution in [3.05, 3.63) is 12.2 Å². The zero-order valence-electron chi connectivity index (χ0n) is 50.1. The lowest BCUT2D eigenvalue weighted by Crippen LogP contribution is -2.69. The molecule has 0 spiro atoms. The predicted molar refractivity (Wildman–Crippen MR) is 289 cm³/mol. The van der Waals surface area contributed by atoms with Gasteiger partial charge in [0.25, 0.3) is 0 Å². The lowest BCUT2D eigenvalue weighted by atomic mass is 9.33. The number of carbonyl (C=O) groups is 3. The van der Waals surface area contributed by atoms with Gasteiger partial charge in [-0.3, -0.25) is 4.79 Å². The fraction of sp³-hybridized carbons (Fsp3) is 0.915. The van der Waals surface area contributed by atoms with E-state index in [9.17, 15) is 91.0 Å². The highest BCUT2D eigenvalue weighted by atomic mass is 16.8. The molecule has 15 N–H and O–H groups in total. The molecule has 5 aliphatic carbocycles. The number of allylic oxidation sites excluding steroid dienone is 2. The second-order valence-corrected chi connectivity index (χ2v) is 28.5. The largest absolute Gasteiger partial charge is 0.479 e. The van der Waals surface area contributed by atoms with Crippen molar-refractivity contribution in [2.45, 2.75) is 260 Å². The molecule has 87 heavy (non-hydrogen) atoms. The van der Waals surface area contributed by atoms with E-state index in [-0.39, 0.29) is 30.6 Å². The van der Waals surface area contributed by atoms with Gasteiger partial charge in [-0.05, 0) is 104 Å². The molecule has 0 bridgehead atoms. The quantitative estimate of drug-likeness (QED) is 0.0367. The smallest absolute Gasteiger partial charge is 0.335 e. The van der Waals surface area contributed by atoms with E-state index in [0.717, 1.165) is 6.29 Å². The third-order valence-corrected chi connectivity index (χ3v) is 22.8. The van der Waals surface area contributed by atoms with Gasteiger partial charge >= 0.3 is 11.9 Å². The molecule has 496 valence electrons. The van der Waals surface area contributed by atoms with E-state index >= 15 is 0 Å². The monoisotopic (exact) mass is 1250 g/mol. The molecule has 10 rings (SSSR count). The van der Waals surface area contributed by atoms with Crippen LogP contribution in [0.3, 0.4) is 0 Å². The maximum Gasteiger partial charge on any atom is 0.335 e. The van der Waals surface area contributed by atoms with E-state index in [0.29, 0.717) is 32.1 Å². The molecule has 5 saturated heterocycles. The Morgan fingerprint density at radius 1 is 0.575 bits per heavy atom. The second kappa shape index (κ2) is 24.7. The molecule has 9 fully saturated rings. The third-order valence-electron chi connectivity index (χ3n) is 22.8. The average Bonchev–Trinajstić information content (AvgIpc) is 0.682. The Labute approximate surface area is 503 Å². The Kier molecular flexibility index (Phi) is 19.1. The van der Waals surface area contributed by atoms with Crippen LogP contribution in [0.1, 0.15) is 100 Å². The van der Waals surface area contributed by atoms with Crippen molar-refractivity contribution >= 4 is 18.2 Å². The molecule has 0 radical (unpaired) electrons. The molecule has 0 amide bonds. The Morgan fingerprint density at radius 3 is 1.82 bits per heavy atom. The molecule has 26 unspecified atom stereocenters. The number of ether oxygens (including phenoxy) is 10. The maximum atomic E-state index is 14.9. The number of carbonyl (C=O) groups excluding carboxylic acids is 2. The summed E-state index contributed by atoms with van der Waals surface area (Å²) in [7, 11) is 0. The molecule has 28 nitrogen and oxygen atoms in total. The molecule has 5 aliphatic heterocycles. The average molecular weight is 1250 g/mol. The van der Waals surface area contributed by atoms with Crippen LogP contribution in [0.4, 0.5) is 0 Å². The summed E-state index contributed by atoms with van der Waals surface area (Å²) in [5.74, 6) is -5.08. The van der Waals surface area contributed by atoms with Gasteiger partial charge in [0.05, 0.1) is 49.0 Å². The summed E-state index contributed by atoms with van der Waals surface area (Å²) in [6, 6.07) is 0. The van der Waals surface area contributed by atoms with Crippen molar-refractivity contribution < 1.29 is 138 Å². The zero-order chi connectivity index (χ0) is 63.7. The Morgan fingerprint density at radius 2 is 1.17 bits per heavy atom. The SMILES string of the molecule is CC1OC(OC2C(OC(=O)[C@@H]3CC(C)(C)C[C@@H]4C3[C@H](O)C[C@]3(C)C4C=C[C@@H]4[C@@]5(C)CC[C@H](OC6OC(C(=O)O)C(O)C(OC7OCC(O)C(O)C7O)C6OC6OC(CO)C(O)C(O)C6O)[C@@](C)(C=O)[C@@H]5CC[C@]43C)OC(C)C(O)C2O)C(O)C(O)C1O. The highest BCUT2D eigenvalue weighted by Gasteiger charge is 2.71. The summed E-state index contributed by atoms with van der Waals surface area (Å²) < 4.78 is 59.8. The maximum absolute atomic E-state index is 14.9. The van der Waals surface area contributed by atoms with Crippen molar-refractivity contribution in [2.75, 3.05) is 13.2 Å². The lowest BCUT2D eigenvalue weighted by Gasteiger charge is -2.71. The summed E-state index contributed by atoms with van der Waals surface area (Å²) >= 11 is 0. The number of aldehydes is 1. The summed E-state index contributed by atoms with van der Waals surface area (Å²) in [6.07, 6.45) is -36.0. The van der Waals surface area contributed by atoms with Crippen LogP contribution < -0.4 is 0 Å². The third kappa shape index (κ3) is 11.4. The first-order chi connectivity index (χ1) is 40.7. The number of hydrogen-bond donors (Lipinski definition) is 15. The lowest BCUT2D eigenvalue weighted by molar-refractivity contribution is -0.391. The number of aliphatic hydroxyl groups is 14. The van der Waals surface area contributed by atoms with Crippen LogP contribution in [-0.4, -0.2) is 268 Å². The number of rotatable bonds is 13. The van der Waals surface area contributed by atoms with Gasteiger partial charge in [-0.15, -0.1) is 0 Å². The summed E-state index contributed by atoms with van der Waals surface area (Å²) in [4.78, 5) is 41.8. The van der Waals surface area contributed by atoms with Crippen LogP contribution in [0.25, 0.3) is 0 Å². The van der Waals surface area contributed by atoms with Crippen LogP contribution >= 0.6 is 0 Å². The minimum atomic E-state index is -2.19. The van der Waals surface area contributed by atoms with Gasteiger partial charge in [-0.25, -0.2) is 4.79 Å². The molecule has 10 aliphatic rings. The number of aliphatic hydroxyl groups excluding tert-OH is 14. The van der Waals surface area contributed by atoms with Crippen LogP contribution in [0.2, 0.25) is 0 Å². The van der Waals surface area contributed by atoms with Gasteiger partial charge < -0.3 is 129 Å². The van der Waals surface area contributed by atoms with Crippen LogP contribution in [-0.2, 0) is 61.8 Å². The second-order valence-electron chi connectivity index (χ2n) is 28.5. The fourth-order valence-corrected chi connectivity index (χ4v) is 17.8.